The largest absolute Gasteiger partial charge is 0.339 e. The standard InChI is InChI=1S/C19H23Cl2N5O/c1-13(16-7-6-14(20)11-17(16)21)25(2)19(27)24-15-5-3-10-26(12-15)18-22-8-4-9-23-18/h4,6-9,11,13,15H,3,5,10,12H2,1-2H3,(H,24,27)/t13-,15+/m0/s1. The lowest BCUT2D eigenvalue weighted by Gasteiger charge is -2.35. The first-order chi connectivity index (χ1) is 13.0. The quantitative estimate of drug-likeness (QED) is 0.826. The first kappa shape index (κ1) is 19.7. The summed E-state index contributed by atoms with van der Waals surface area (Å²) in [7, 11) is 1.77. The Morgan fingerprint density at radius 2 is 2.07 bits per heavy atom. The average molecular weight is 408 g/mol. The topological polar surface area (TPSA) is 61.4 Å². The monoisotopic (exact) mass is 407 g/mol. The number of nitrogens with one attached hydrogen (secondary N) is 1. The molecule has 2 heterocycles. The molecule has 1 saturated heterocycles. The van der Waals surface area contributed by atoms with Crippen molar-refractivity contribution in [2.24, 2.45) is 0 Å². The van der Waals surface area contributed by atoms with Crippen LogP contribution in [0.1, 0.15) is 31.4 Å². The molecule has 1 fully saturated rings. The molecule has 144 valence electrons. The second kappa shape index (κ2) is 8.76. The van der Waals surface area contributed by atoms with E-state index in [1.807, 2.05) is 13.0 Å². The predicted molar refractivity (Wildman–Crippen MR) is 108 cm³/mol. The van der Waals surface area contributed by atoms with Crippen LogP contribution in [0.25, 0.3) is 0 Å². The fourth-order valence-corrected chi connectivity index (χ4v) is 3.80. The van der Waals surface area contributed by atoms with Gasteiger partial charge in [0.05, 0.1) is 6.04 Å². The van der Waals surface area contributed by atoms with Crippen LogP contribution in [0.2, 0.25) is 10.0 Å². The second-order valence-electron chi connectivity index (χ2n) is 6.74. The van der Waals surface area contributed by atoms with Crippen molar-refractivity contribution in [3.63, 3.8) is 0 Å². The summed E-state index contributed by atoms with van der Waals surface area (Å²) in [5.74, 6) is 0.700. The van der Waals surface area contributed by atoms with Gasteiger partial charge in [0.2, 0.25) is 5.95 Å². The molecular weight excluding hydrogens is 385 g/mol. The van der Waals surface area contributed by atoms with E-state index in [2.05, 4.69) is 20.2 Å². The summed E-state index contributed by atoms with van der Waals surface area (Å²) < 4.78 is 0. The Morgan fingerprint density at radius 1 is 1.33 bits per heavy atom. The van der Waals surface area contributed by atoms with Crippen LogP contribution in [-0.4, -0.2) is 47.1 Å². The normalized spacial score (nSPS) is 18.1. The minimum absolute atomic E-state index is 0.0467. The van der Waals surface area contributed by atoms with Gasteiger partial charge in [0, 0.05) is 48.6 Å². The van der Waals surface area contributed by atoms with E-state index in [1.54, 1.807) is 42.5 Å². The lowest BCUT2D eigenvalue weighted by Crippen LogP contribution is -2.51. The van der Waals surface area contributed by atoms with Gasteiger partial charge in [-0.1, -0.05) is 29.3 Å². The van der Waals surface area contributed by atoms with Crippen LogP contribution in [0.5, 0.6) is 0 Å². The van der Waals surface area contributed by atoms with E-state index in [1.165, 1.54) is 0 Å². The number of nitrogens with zero attached hydrogens (tertiary/aromatic N) is 4. The minimum Gasteiger partial charge on any atom is -0.339 e. The van der Waals surface area contributed by atoms with Crippen LogP contribution in [-0.2, 0) is 0 Å². The van der Waals surface area contributed by atoms with Gasteiger partial charge in [0.25, 0.3) is 0 Å². The minimum atomic E-state index is -0.174. The average Bonchev–Trinajstić information content (AvgIpc) is 2.68. The Bertz CT molecular complexity index is 789. The number of amides is 2. The number of hydrogen-bond donors (Lipinski definition) is 1. The first-order valence-corrected chi connectivity index (χ1v) is 9.71. The highest BCUT2D eigenvalue weighted by molar-refractivity contribution is 6.35. The van der Waals surface area contributed by atoms with Crippen molar-refractivity contribution in [3.8, 4) is 0 Å². The lowest BCUT2D eigenvalue weighted by atomic mass is 10.1. The third-order valence-corrected chi connectivity index (χ3v) is 5.46. The molecule has 1 aromatic carbocycles. The van der Waals surface area contributed by atoms with Crippen LogP contribution in [0.3, 0.4) is 0 Å². The van der Waals surface area contributed by atoms with Crippen LogP contribution in [0.15, 0.2) is 36.7 Å². The Morgan fingerprint density at radius 3 is 2.78 bits per heavy atom. The molecule has 1 aromatic heterocycles. The summed E-state index contributed by atoms with van der Waals surface area (Å²) in [4.78, 5) is 25.1. The van der Waals surface area contributed by atoms with Crippen molar-refractivity contribution < 1.29 is 4.79 Å². The maximum Gasteiger partial charge on any atom is 0.317 e. The SMILES string of the molecule is C[C@@H](c1ccc(Cl)cc1Cl)N(C)C(=O)N[C@@H]1CCCN(c2ncccn2)C1. The highest BCUT2D eigenvalue weighted by Crippen LogP contribution is 2.29. The van der Waals surface area contributed by atoms with Crippen LogP contribution in [0.4, 0.5) is 10.7 Å². The second-order valence-corrected chi connectivity index (χ2v) is 7.58. The molecule has 27 heavy (non-hydrogen) atoms. The van der Waals surface area contributed by atoms with Gasteiger partial charge in [-0.05, 0) is 43.5 Å². The molecule has 0 saturated carbocycles. The van der Waals surface area contributed by atoms with E-state index in [-0.39, 0.29) is 18.1 Å². The van der Waals surface area contributed by atoms with Crippen molar-refractivity contribution >= 4 is 35.2 Å². The fraction of sp³-hybridized carbons (Fsp3) is 0.421. The number of halogens is 2. The summed E-state index contributed by atoms with van der Waals surface area (Å²) in [6, 6.07) is 6.87. The number of benzene rings is 1. The van der Waals surface area contributed by atoms with Gasteiger partial charge < -0.3 is 15.1 Å². The van der Waals surface area contributed by atoms with Crippen molar-refractivity contribution in [1.82, 2.24) is 20.2 Å². The number of carbonyl (C=O) groups excluding carboxylic acids is 1. The Balaban J connectivity index is 1.62. The lowest BCUT2D eigenvalue weighted by molar-refractivity contribution is 0.188. The van der Waals surface area contributed by atoms with Crippen molar-refractivity contribution in [2.75, 3.05) is 25.0 Å². The van der Waals surface area contributed by atoms with Gasteiger partial charge >= 0.3 is 6.03 Å². The maximum atomic E-state index is 12.7. The van der Waals surface area contributed by atoms with Crippen LogP contribution < -0.4 is 10.2 Å². The predicted octanol–water partition coefficient (Wildman–Crippen LogP) is 4.15. The Labute approximate surface area is 169 Å². The van der Waals surface area contributed by atoms with E-state index in [0.717, 1.165) is 24.9 Å². The van der Waals surface area contributed by atoms with Crippen molar-refractivity contribution in [3.05, 3.63) is 52.3 Å². The maximum absolute atomic E-state index is 12.7. The molecule has 2 amide bonds. The van der Waals surface area contributed by atoms with Gasteiger partial charge in [-0.15, -0.1) is 0 Å². The van der Waals surface area contributed by atoms with E-state index in [9.17, 15) is 4.79 Å². The van der Waals surface area contributed by atoms with Crippen LogP contribution >= 0.6 is 23.2 Å². The third kappa shape index (κ3) is 4.82. The first-order valence-electron chi connectivity index (χ1n) is 8.96. The number of rotatable bonds is 4. The number of carbonyl (C=O) groups is 1. The van der Waals surface area contributed by atoms with Gasteiger partial charge in [0.15, 0.2) is 0 Å². The van der Waals surface area contributed by atoms with Crippen molar-refractivity contribution in [1.29, 1.82) is 0 Å². The number of anilines is 1. The zero-order valence-corrected chi connectivity index (χ0v) is 16.9. The molecule has 1 N–H and O–H groups in total. The van der Waals surface area contributed by atoms with Gasteiger partial charge in [-0.2, -0.15) is 0 Å². The van der Waals surface area contributed by atoms with Gasteiger partial charge in [-0.25, -0.2) is 14.8 Å². The number of urea groups is 1. The summed E-state index contributed by atoms with van der Waals surface area (Å²) in [6.45, 7) is 3.53. The smallest absolute Gasteiger partial charge is 0.317 e. The number of aromatic nitrogens is 2. The molecule has 0 spiro atoms. The molecule has 0 unspecified atom stereocenters. The zero-order valence-electron chi connectivity index (χ0n) is 15.4. The molecule has 0 bridgehead atoms. The molecule has 2 aromatic rings. The highest BCUT2D eigenvalue weighted by atomic mass is 35.5. The molecule has 8 heteroatoms. The Kier molecular flexibility index (Phi) is 6.39. The zero-order chi connectivity index (χ0) is 19.4. The molecule has 1 aliphatic heterocycles. The highest BCUT2D eigenvalue weighted by Gasteiger charge is 2.26. The van der Waals surface area contributed by atoms with E-state index in [4.69, 9.17) is 23.2 Å². The number of piperidine rings is 1. The number of hydrogen-bond acceptors (Lipinski definition) is 4. The molecule has 2 atom stereocenters. The summed E-state index contributed by atoms with van der Waals surface area (Å²) >= 11 is 12.3. The molecule has 3 rings (SSSR count). The van der Waals surface area contributed by atoms with Crippen molar-refractivity contribution in [2.45, 2.75) is 31.8 Å². The van der Waals surface area contributed by atoms with E-state index >= 15 is 0 Å². The van der Waals surface area contributed by atoms with E-state index in [0.29, 0.717) is 22.5 Å². The summed E-state index contributed by atoms with van der Waals surface area (Å²) in [5.41, 5.74) is 0.863. The van der Waals surface area contributed by atoms with Gasteiger partial charge in [-0.3, -0.25) is 0 Å². The van der Waals surface area contributed by atoms with E-state index < -0.39 is 0 Å². The molecular formula is C19H23Cl2N5O. The molecule has 6 nitrogen and oxygen atoms in total. The third-order valence-electron chi connectivity index (χ3n) is 4.90. The summed E-state index contributed by atoms with van der Waals surface area (Å²) in [6.07, 6.45) is 5.37. The molecule has 1 aliphatic rings. The molecule has 0 radical (unpaired) electrons. The fourth-order valence-electron chi connectivity index (χ4n) is 3.23. The summed E-state index contributed by atoms with van der Waals surface area (Å²) in [5, 5.41) is 4.25. The van der Waals surface area contributed by atoms with Gasteiger partial charge in [0.1, 0.15) is 0 Å². The Hall–Kier alpha value is -2.05. The van der Waals surface area contributed by atoms with Crippen LogP contribution in [0, 0.1) is 0 Å². The molecule has 0 aliphatic carbocycles.